The summed E-state index contributed by atoms with van der Waals surface area (Å²) < 4.78 is 11.1. The fourth-order valence-corrected chi connectivity index (χ4v) is 3.33. The van der Waals surface area contributed by atoms with Crippen molar-refractivity contribution in [2.45, 2.75) is 32.2 Å². The van der Waals surface area contributed by atoms with Gasteiger partial charge in [-0.15, -0.1) is 10.2 Å². The van der Waals surface area contributed by atoms with Crippen molar-refractivity contribution in [3.05, 3.63) is 53.8 Å². The summed E-state index contributed by atoms with van der Waals surface area (Å²) in [5, 5.41) is 8.30. The Morgan fingerprint density at radius 1 is 1.21 bits per heavy atom. The van der Waals surface area contributed by atoms with Crippen molar-refractivity contribution >= 4 is 5.91 Å². The smallest absolute Gasteiger partial charge is 0.267 e. The zero-order valence-corrected chi connectivity index (χ0v) is 15.8. The highest BCUT2D eigenvalue weighted by molar-refractivity contribution is 5.94. The number of methoxy groups -OCH3 is 1. The molecule has 0 spiro atoms. The molecule has 8 heteroatoms. The molecule has 8 nitrogen and oxygen atoms in total. The fraction of sp³-hybridized carbons (Fsp3) is 0.350. The van der Waals surface area contributed by atoms with Gasteiger partial charge in [-0.1, -0.05) is 6.07 Å². The lowest BCUT2D eigenvalue weighted by molar-refractivity contribution is 0.0572. The van der Waals surface area contributed by atoms with Crippen LogP contribution in [-0.2, 0) is 0 Å². The molecule has 0 saturated carbocycles. The number of carbonyl (C=O) groups is 1. The summed E-state index contributed by atoms with van der Waals surface area (Å²) in [6.07, 6.45) is 5.97. The number of hydrogen-bond donors (Lipinski definition) is 0. The first kappa shape index (κ1) is 18.1. The molecule has 1 aliphatic heterocycles. The summed E-state index contributed by atoms with van der Waals surface area (Å²) >= 11 is 0. The van der Waals surface area contributed by atoms with Crippen molar-refractivity contribution in [2.75, 3.05) is 13.7 Å². The lowest BCUT2D eigenvalue weighted by Gasteiger charge is -2.33. The zero-order chi connectivity index (χ0) is 19.5. The summed E-state index contributed by atoms with van der Waals surface area (Å²) in [6, 6.07) is 6.91. The van der Waals surface area contributed by atoms with Crippen LogP contribution in [0.4, 0.5) is 0 Å². The van der Waals surface area contributed by atoms with Gasteiger partial charge in [-0.25, -0.2) is 4.98 Å². The molecule has 0 bridgehead atoms. The minimum atomic E-state index is -0.257. The molecule has 0 aliphatic carbocycles. The van der Waals surface area contributed by atoms with E-state index in [1.54, 1.807) is 36.5 Å². The number of hydrogen-bond acceptors (Lipinski definition) is 7. The molecule has 1 saturated heterocycles. The van der Waals surface area contributed by atoms with Gasteiger partial charge in [-0.3, -0.25) is 9.78 Å². The molecule has 1 amide bonds. The first-order valence-corrected chi connectivity index (χ1v) is 9.23. The molecule has 28 heavy (non-hydrogen) atoms. The molecule has 1 fully saturated rings. The van der Waals surface area contributed by atoms with Gasteiger partial charge in [-0.2, -0.15) is 0 Å². The first-order chi connectivity index (χ1) is 13.7. The number of rotatable bonds is 4. The van der Waals surface area contributed by atoms with Crippen LogP contribution in [0.1, 0.15) is 47.2 Å². The van der Waals surface area contributed by atoms with E-state index in [0.29, 0.717) is 35.3 Å². The number of aromatic nitrogens is 4. The lowest BCUT2D eigenvalue weighted by Crippen LogP contribution is -2.38. The van der Waals surface area contributed by atoms with Gasteiger partial charge in [0, 0.05) is 18.3 Å². The molecule has 1 aromatic carbocycles. The van der Waals surface area contributed by atoms with Gasteiger partial charge in [0.1, 0.15) is 17.5 Å². The normalized spacial score (nSPS) is 16.8. The maximum absolute atomic E-state index is 13.1. The van der Waals surface area contributed by atoms with Crippen molar-refractivity contribution in [2.24, 2.45) is 0 Å². The topological polar surface area (TPSA) is 94.2 Å². The fourth-order valence-electron chi connectivity index (χ4n) is 3.33. The molecule has 1 aliphatic rings. The van der Waals surface area contributed by atoms with Gasteiger partial charge >= 0.3 is 0 Å². The Hall–Kier alpha value is -3.29. The Bertz CT molecular complexity index is 970. The quantitative estimate of drug-likeness (QED) is 0.687. The van der Waals surface area contributed by atoms with Crippen LogP contribution in [0.15, 0.2) is 41.1 Å². The van der Waals surface area contributed by atoms with Crippen LogP contribution in [0.5, 0.6) is 5.75 Å². The van der Waals surface area contributed by atoms with Gasteiger partial charge in [0.05, 0.1) is 19.0 Å². The molecule has 0 N–H and O–H groups in total. The number of ether oxygens (including phenoxy) is 1. The van der Waals surface area contributed by atoms with E-state index in [1.165, 1.54) is 0 Å². The third-order valence-corrected chi connectivity index (χ3v) is 4.81. The van der Waals surface area contributed by atoms with Crippen molar-refractivity contribution in [3.8, 4) is 17.3 Å². The van der Waals surface area contributed by atoms with Gasteiger partial charge in [0.15, 0.2) is 0 Å². The highest BCUT2D eigenvalue weighted by Gasteiger charge is 2.33. The molecule has 3 aromatic rings. The Morgan fingerprint density at radius 3 is 2.89 bits per heavy atom. The van der Waals surface area contributed by atoms with Crippen LogP contribution >= 0.6 is 0 Å². The first-order valence-electron chi connectivity index (χ1n) is 9.23. The van der Waals surface area contributed by atoms with Gasteiger partial charge < -0.3 is 14.1 Å². The van der Waals surface area contributed by atoms with Crippen molar-refractivity contribution in [1.82, 2.24) is 25.1 Å². The van der Waals surface area contributed by atoms with E-state index in [2.05, 4.69) is 20.2 Å². The summed E-state index contributed by atoms with van der Waals surface area (Å²) in [4.78, 5) is 23.4. The van der Waals surface area contributed by atoms with Crippen molar-refractivity contribution < 1.29 is 13.9 Å². The van der Waals surface area contributed by atoms with Crippen LogP contribution in [0.25, 0.3) is 11.6 Å². The van der Waals surface area contributed by atoms with E-state index in [9.17, 15) is 4.79 Å². The maximum Gasteiger partial charge on any atom is 0.267 e. The molecule has 3 heterocycles. The highest BCUT2D eigenvalue weighted by Crippen LogP contribution is 2.33. The zero-order valence-electron chi connectivity index (χ0n) is 15.8. The molecule has 1 atom stereocenters. The number of aryl methyl sites for hydroxylation is 1. The third kappa shape index (κ3) is 3.58. The van der Waals surface area contributed by atoms with E-state index >= 15 is 0 Å². The SMILES string of the molecule is COc1cccc(C(=O)N2CCCC[C@@H]2c2nnc(-c3cnc(C)cn3)o2)c1. The lowest BCUT2D eigenvalue weighted by atomic mass is 10.0. The molecule has 144 valence electrons. The van der Waals surface area contributed by atoms with Crippen LogP contribution < -0.4 is 4.74 Å². The summed E-state index contributed by atoms with van der Waals surface area (Å²) in [5.41, 5.74) is 1.91. The predicted molar refractivity (Wildman–Crippen MR) is 101 cm³/mol. The average molecular weight is 379 g/mol. The maximum atomic E-state index is 13.1. The monoisotopic (exact) mass is 379 g/mol. The largest absolute Gasteiger partial charge is 0.497 e. The number of piperidine rings is 1. The second-order valence-corrected chi connectivity index (χ2v) is 6.73. The van der Waals surface area contributed by atoms with Gasteiger partial charge in [0.25, 0.3) is 11.8 Å². The second-order valence-electron chi connectivity index (χ2n) is 6.73. The van der Waals surface area contributed by atoms with Gasteiger partial charge in [-0.05, 0) is 44.4 Å². The highest BCUT2D eigenvalue weighted by atomic mass is 16.5. The second kappa shape index (κ2) is 7.75. The Kier molecular flexibility index (Phi) is 5.01. The summed E-state index contributed by atoms with van der Waals surface area (Å²) in [5.74, 6) is 1.31. The predicted octanol–water partition coefficient (Wildman–Crippen LogP) is 3.21. The minimum Gasteiger partial charge on any atom is -0.497 e. The summed E-state index contributed by atoms with van der Waals surface area (Å²) in [6.45, 7) is 2.50. The Labute approximate surface area is 162 Å². The number of nitrogens with zero attached hydrogens (tertiary/aromatic N) is 5. The number of carbonyl (C=O) groups excluding carboxylic acids is 1. The third-order valence-electron chi connectivity index (χ3n) is 4.81. The molecule has 0 unspecified atom stereocenters. The number of likely N-dealkylation sites (tertiary alicyclic amines) is 1. The standard InChI is InChI=1S/C20H21N5O3/c1-13-11-22-16(12-21-13)18-23-24-19(28-18)17-8-3-4-9-25(17)20(26)14-6-5-7-15(10-14)27-2/h5-7,10-12,17H,3-4,8-9H2,1-2H3/t17-/m1/s1. The van der Waals surface area contributed by atoms with Crippen LogP contribution in [0, 0.1) is 6.92 Å². The van der Waals surface area contributed by atoms with Crippen LogP contribution in [0.3, 0.4) is 0 Å². The number of benzene rings is 1. The van der Waals surface area contributed by atoms with E-state index in [1.807, 2.05) is 19.1 Å². The van der Waals surface area contributed by atoms with Crippen molar-refractivity contribution in [3.63, 3.8) is 0 Å². The molecule has 2 aromatic heterocycles. The van der Waals surface area contributed by atoms with E-state index < -0.39 is 0 Å². The van der Waals surface area contributed by atoms with E-state index in [-0.39, 0.29) is 11.9 Å². The summed E-state index contributed by atoms with van der Waals surface area (Å²) in [7, 11) is 1.58. The van der Waals surface area contributed by atoms with Crippen LogP contribution in [-0.4, -0.2) is 44.6 Å². The van der Waals surface area contributed by atoms with E-state index in [4.69, 9.17) is 9.15 Å². The molecule has 0 radical (unpaired) electrons. The van der Waals surface area contributed by atoms with Crippen LogP contribution in [0.2, 0.25) is 0 Å². The molecular weight excluding hydrogens is 358 g/mol. The van der Waals surface area contributed by atoms with E-state index in [0.717, 1.165) is 25.0 Å². The Balaban J connectivity index is 1.60. The average Bonchev–Trinajstić information content (AvgIpc) is 3.24. The number of amides is 1. The minimum absolute atomic E-state index is 0.0709. The molecule has 4 rings (SSSR count). The van der Waals surface area contributed by atoms with Crippen molar-refractivity contribution in [1.29, 1.82) is 0 Å². The Morgan fingerprint density at radius 2 is 2.11 bits per heavy atom. The molecular formula is C20H21N5O3. The van der Waals surface area contributed by atoms with Gasteiger partial charge in [0.2, 0.25) is 5.89 Å².